The van der Waals surface area contributed by atoms with Crippen LogP contribution in [0.1, 0.15) is 5.82 Å². The number of rotatable bonds is 1. The summed E-state index contributed by atoms with van der Waals surface area (Å²) < 4.78 is 2.68. The molecule has 2 N–H and O–H groups in total. The van der Waals surface area contributed by atoms with Gasteiger partial charge in [-0.05, 0) is 6.92 Å². The van der Waals surface area contributed by atoms with Crippen molar-refractivity contribution in [2.45, 2.75) is 6.92 Å². The maximum Gasteiger partial charge on any atom is 0.248 e. The van der Waals surface area contributed by atoms with Gasteiger partial charge in [-0.3, -0.25) is 0 Å². The standard InChI is InChI=1S/C5H7I2N5/c1-3-10-4(7)11-5(9-2-6)12(3)8/h2,8H2,1H3. The number of halogens is 2. The number of aryl methyl sites for hydroxylation is 1. The first-order valence-corrected chi connectivity index (χ1v) is 5.70. The summed E-state index contributed by atoms with van der Waals surface area (Å²) in [6, 6.07) is 0. The Hall–Kier alpha value is 0.0700. The van der Waals surface area contributed by atoms with Gasteiger partial charge in [0.15, 0.2) is 3.83 Å². The van der Waals surface area contributed by atoms with Crippen LogP contribution in [-0.4, -0.2) is 19.2 Å². The van der Waals surface area contributed by atoms with Gasteiger partial charge < -0.3 is 5.84 Å². The van der Waals surface area contributed by atoms with E-state index in [1.165, 1.54) is 4.68 Å². The van der Waals surface area contributed by atoms with E-state index in [1.54, 1.807) is 0 Å². The van der Waals surface area contributed by atoms with E-state index in [9.17, 15) is 0 Å². The SMILES string of the molecule is Cc1nc(I)nc(=NCI)n1N. The number of hydrogen-bond acceptors (Lipinski definition) is 4. The van der Waals surface area contributed by atoms with Crippen LogP contribution < -0.4 is 11.5 Å². The molecule has 1 heterocycles. The Morgan fingerprint density at radius 2 is 2.25 bits per heavy atom. The third kappa shape index (κ3) is 2.28. The Balaban J connectivity index is 3.38. The number of hydrogen-bond donors (Lipinski definition) is 1. The third-order valence-corrected chi connectivity index (χ3v) is 2.04. The highest BCUT2D eigenvalue weighted by atomic mass is 127. The molecule has 0 saturated carbocycles. The van der Waals surface area contributed by atoms with Gasteiger partial charge in [-0.15, -0.1) is 0 Å². The zero-order valence-electron chi connectivity index (χ0n) is 6.33. The van der Waals surface area contributed by atoms with Gasteiger partial charge >= 0.3 is 0 Å². The minimum absolute atomic E-state index is 0.515. The van der Waals surface area contributed by atoms with Crippen molar-refractivity contribution in [3.8, 4) is 0 Å². The van der Waals surface area contributed by atoms with Gasteiger partial charge in [0, 0.05) is 22.6 Å². The van der Waals surface area contributed by atoms with Gasteiger partial charge in [0.2, 0.25) is 5.62 Å². The number of aromatic nitrogens is 3. The molecule has 0 fully saturated rings. The van der Waals surface area contributed by atoms with Crippen LogP contribution in [0.3, 0.4) is 0 Å². The van der Waals surface area contributed by atoms with Crippen LogP contribution in [-0.2, 0) is 0 Å². The fraction of sp³-hybridized carbons (Fsp3) is 0.400. The second-order valence-electron chi connectivity index (χ2n) is 1.99. The zero-order chi connectivity index (χ0) is 9.14. The monoisotopic (exact) mass is 391 g/mol. The van der Waals surface area contributed by atoms with Crippen LogP contribution in [0.4, 0.5) is 0 Å². The molecule has 0 aliphatic rings. The second-order valence-corrected chi connectivity index (χ2v) is 3.63. The van der Waals surface area contributed by atoms with E-state index < -0.39 is 0 Å². The predicted octanol–water partition coefficient (Wildman–Crippen LogP) is 0.198. The van der Waals surface area contributed by atoms with Gasteiger partial charge in [-0.1, -0.05) is 22.6 Å². The Morgan fingerprint density at radius 3 is 2.83 bits per heavy atom. The predicted molar refractivity (Wildman–Crippen MR) is 62.1 cm³/mol. The van der Waals surface area contributed by atoms with Crippen molar-refractivity contribution >= 4 is 45.2 Å². The second kappa shape index (κ2) is 4.35. The molecular formula is C5H7I2N5. The molecule has 1 aromatic heterocycles. The summed E-state index contributed by atoms with van der Waals surface area (Å²) in [5, 5.41) is 0. The molecule has 0 bridgehead atoms. The zero-order valence-corrected chi connectivity index (χ0v) is 10.6. The van der Waals surface area contributed by atoms with Gasteiger partial charge in [0.25, 0.3) is 0 Å². The average Bonchev–Trinajstić information content (AvgIpc) is 2.00. The normalized spacial score (nSPS) is 12.1. The Kier molecular flexibility index (Phi) is 3.68. The first-order chi connectivity index (χ1) is 5.65. The molecule has 0 aromatic carbocycles. The molecule has 0 amide bonds. The van der Waals surface area contributed by atoms with E-state index in [0.29, 0.717) is 19.8 Å². The number of nitrogen functional groups attached to an aromatic ring is 1. The lowest BCUT2D eigenvalue weighted by molar-refractivity contribution is 0.731. The van der Waals surface area contributed by atoms with E-state index >= 15 is 0 Å². The number of alkyl halides is 1. The molecule has 12 heavy (non-hydrogen) atoms. The molecule has 0 atom stereocenters. The van der Waals surface area contributed by atoms with Crippen LogP contribution in [0.15, 0.2) is 4.99 Å². The smallest absolute Gasteiger partial charge is 0.248 e. The van der Waals surface area contributed by atoms with Crippen molar-refractivity contribution in [1.29, 1.82) is 0 Å². The van der Waals surface area contributed by atoms with Crippen molar-refractivity contribution in [2.24, 2.45) is 4.99 Å². The van der Waals surface area contributed by atoms with Crippen molar-refractivity contribution in [3.63, 3.8) is 0 Å². The molecule has 7 heteroatoms. The summed E-state index contributed by atoms with van der Waals surface area (Å²) in [6.07, 6.45) is 0. The molecule has 66 valence electrons. The summed E-state index contributed by atoms with van der Waals surface area (Å²) in [5.74, 6) is 6.34. The van der Waals surface area contributed by atoms with Crippen LogP contribution >= 0.6 is 45.2 Å². The molecule has 0 saturated heterocycles. The van der Waals surface area contributed by atoms with Crippen LogP contribution in [0.25, 0.3) is 0 Å². The minimum atomic E-state index is 0.515. The lowest BCUT2D eigenvalue weighted by Crippen LogP contribution is -2.34. The van der Waals surface area contributed by atoms with Crippen LogP contribution in [0.2, 0.25) is 0 Å². The summed E-state index contributed by atoms with van der Waals surface area (Å²) in [5.41, 5.74) is 0.515. The highest BCUT2D eigenvalue weighted by Crippen LogP contribution is 1.92. The molecule has 5 nitrogen and oxygen atoms in total. The fourth-order valence-electron chi connectivity index (χ4n) is 0.658. The molecule has 1 aromatic rings. The van der Waals surface area contributed by atoms with Crippen molar-refractivity contribution in [2.75, 3.05) is 10.4 Å². The van der Waals surface area contributed by atoms with Crippen molar-refractivity contribution in [3.05, 3.63) is 15.3 Å². The molecule has 0 unspecified atom stereocenters. The Labute approximate surface area is 96.8 Å². The maximum absolute atomic E-state index is 5.63. The molecule has 1 rings (SSSR count). The molecular weight excluding hydrogens is 384 g/mol. The molecule has 0 aliphatic heterocycles. The highest BCUT2D eigenvalue weighted by molar-refractivity contribution is 14.1. The summed E-state index contributed by atoms with van der Waals surface area (Å²) in [4.78, 5) is 12.2. The van der Waals surface area contributed by atoms with Crippen molar-refractivity contribution < 1.29 is 0 Å². The average molecular weight is 391 g/mol. The largest absolute Gasteiger partial charge is 0.335 e. The number of nitrogens with zero attached hydrogens (tertiary/aromatic N) is 4. The van der Waals surface area contributed by atoms with E-state index in [2.05, 4.69) is 37.6 Å². The summed E-state index contributed by atoms with van der Waals surface area (Å²) >= 11 is 4.17. The summed E-state index contributed by atoms with van der Waals surface area (Å²) in [6.45, 7) is 1.82. The number of nitrogens with two attached hydrogens (primary N) is 1. The quantitative estimate of drug-likeness (QED) is 0.322. The van der Waals surface area contributed by atoms with Crippen molar-refractivity contribution in [1.82, 2.24) is 14.6 Å². The highest BCUT2D eigenvalue weighted by Gasteiger charge is 1.98. The first kappa shape index (κ1) is 10.2. The fourth-order valence-corrected chi connectivity index (χ4v) is 1.53. The van der Waals surface area contributed by atoms with Crippen LogP contribution in [0.5, 0.6) is 0 Å². The molecule has 0 aliphatic carbocycles. The lowest BCUT2D eigenvalue weighted by Gasteiger charge is -2.02. The van der Waals surface area contributed by atoms with E-state index in [1.807, 2.05) is 29.5 Å². The van der Waals surface area contributed by atoms with Gasteiger partial charge in [0.1, 0.15) is 5.82 Å². The van der Waals surface area contributed by atoms with Gasteiger partial charge in [0.05, 0.1) is 4.55 Å². The van der Waals surface area contributed by atoms with Gasteiger partial charge in [-0.2, -0.15) is 4.98 Å². The molecule has 0 spiro atoms. The Morgan fingerprint density at radius 1 is 1.58 bits per heavy atom. The van der Waals surface area contributed by atoms with E-state index in [0.717, 1.165) is 0 Å². The molecule has 0 radical (unpaired) electrons. The lowest BCUT2D eigenvalue weighted by atomic mass is 10.7. The van der Waals surface area contributed by atoms with Gasteiger partial charge in [-0.25, -0.2) is 14.7 Å². The van der Waals surface area contributed by atoms with Crippen LogP contribution in [0, 0.1) is 10.8 Å². The Bertz CT molecular complexity index is 344. The van der Waals surface area contributed by atoms with E-state index in [4.69, 9.17) is 5.84 Å². The topological polar surface area (TPSA) is 69.1 Å². The van der Waals surface area contributed by atoms with E-state index in [-0.39, 0.29) is 0 Å². The first-order valence-electron chi connectivity index (χ1n) is 3.10. The minimum Gasteiger partial charge on any atom is -0.335 e. The summed E-state index contributed by atoms with van der Waals surface area (Å²) in [7, 11) is 0. The maximum atomic E-state index is 5.63. The third-order valence-electron chi connectivity index (χ3n) is 1.21.